The Bertz CT molecular complexity index is 1090. The average molecular weight is 422 g/mol. The minimum absolute atomic E-state index is 0.0637. The van der Waals surface area contributed by atoms with Crippen LogP contribution < -0.4 is 10.1 Å². The quantitative estimate of drug-likeness (QED) is 0.659. The maximum absolute atomic E-state index is 13.3. The largest absolute Gasteiger partial charge is 0.496 e. The fraction of sp³-hybridized carbons (Fsp3) is 0.458. The number of likely N-dealkylation sites (tertiary alicyclic amines) is 1. The number of piperidine rings is 1. The molecule has 1 unspecified atom stereocenters. The van der Waals surface area contributed by atoms with Crippen molar-refractivity contribution in [3.63, 3.8) is 0 Å². The number of fused-ring (bicyclic) bond motifs is 1. The molecular weight excluding hydrogens is 390 g/mol. The third-order valence-corrected chi connectivity index (χ3v) is 6.13. The molecule has 1 aliphatic rings. The number of pyridine rings is 1. The van der Waals surface area contributed by atoms with E-state index in [4.69, 9.17) is 4.74 Å². The summed E-state index contributed by atoms with van der Waals surface area (Å²) in [6, 6.07) is 10.0. The molecule has 1 aliphatic heterocycles. The van der Waals surface area contributed by atoms with Crippen LogP contribution in [0, 0.1) is 13.8 Å². The molecule has 0 aliphatic carbocycles. The van der Waals surface area contributed by atoms with Gasteiger partial charge >= 0.3 is 0 Å². The lowest BCUT2D eigenvalue weighted by Gasteiger charge is -2.35. The molecule has 3 aromatic rings. The number of hydrogen-bond donors (Lipinski definition) is 1. The molecule has 2 aromatic heterocycles. The summed E-state index contributed by atoms with van der Waals surface area (Å²) in [4.78, 5) is 20.4. The smallest absolute Gasteiger partial charge is 0.252 e. The van der Waals surface area contributed by atoms with Gasteiger partial charge in [0, 0.05) is 24.8 Å². The highest BCUT2D eigenvalue weighted by molar-refractivity contribution is 6.06. The van der Waals surface area contributed by atoms with Gasteiger partial charge in [0.15, 0.2) is 5.65 Å². The van der Waals surface area contributed by atoms with Crippen LogP contribution >= 0.6 is 0 Å². The van der Waals surface area contributed by atoms with Gasteiger partial charge in [-0.05, 0) is 51.9 Å². The molecule has 1 aromatic carbocycles. The zero-order valence-electron chi connectivity index (χ0n) is 18.8. The summed E-state index contributed by atoms with van der Waals surface area (Å²) >= 11 is 0. The highest BCUT2D eigenvalue weighted by Crippen LogP contribution is 2.31. The fourth-order valence-corrected chi connectivity index (χ4v) is 4.64. The van der Waals surface area contributed by atoms with Crippen LogP contribution in [0.1, 0.15) is 52.6 Å². The summed E-state index contributed by atoms with van der Waals surface area (Å²) in [5, 5.41) is 8.48. The van der Waals surface area contributed by atoms with E-state index in [1.165, 1.54) is 19.3 Å². The van der Waals surface area contributed by atoms with Gasteiger partial charge in [0.05, 0.1) is 29.8 Å². The third-order valence-electron chi connectivity index (χ3n) is 6.13. The van der Waals surface area contributed by atoms with Crippen molar-refractivity contribution in [2.45, 2.75) is 39.2 Å². The van der Waals surface area contributed by atoms with Gasteiger partial charge in [0.1, 0.15) is 5.75 Å². The Morgan fingerprint density at radius 1 is 1.19 bits per heavy atom. The van der Waals surface area contributed by atoms with Crippen molar-refractivity contribution in [3.05, 3.63) is 52.8 Å². The second-order valence-corrected chi connectivity index (χ2v) is 8.28. The number of rotatable bonds is 6. The molecule has 0 bridgehead atoms. The molecule has 164 valence electrons. The number of para-hydroxylation sites is 1. The fourth-order valence-electron chi connectivity index (χ4n) is 4.64. The molecule has 7 heteroatoms. The summed E-state index contributed by atoms with van der Waals surface area (Å²) in [5.74, 6) is 0.765. The highest BCUT2D eigenvalue weighted by atomic mass is 16.5. The summed E-state index contributed by atoms with van der Waals surface area (Å²) in [5.41, 5.74) is 4.09. The average Bonchev–Trinajstić information content (AvgIpc) is 3.07. The monoisotopic (exact) mass is 421 g/mol. The number of carbonyl (C=O) groups is 1. The number of amides is 1. The highest BCUT2D eigenvalue weighted by Gasteiger charge is 2.26. The van der Waals surface area contributed by atoms with E-state index in [1.54, 1.807) is 11.8 Å². The maximum atomic E-state index is 13.3. The number of methoxy groups -OCH3 is 1. The molecule has 3 heterocycles. The molecule has 0 spiro atoms. The number of ether oxygens (including phenoxy) is 1. The predicted octanol–water partition coefficient (Wildman–Crippen LogP) is 3.55. The van der Waals surface area contributed by atoms with E-state index in [9.17, 15) is 4.79 Å². The third kappa shape index (κ3) is 4.28. The van der Waals surface area contributed by atoms with Gasteiger partial charge in [-0.2, -0.15) is 5.10 Å². The minimum Gasteiger partial charge on any atom is -0.496 e. The summed E-state index contributed by atoms with van der Waals surface area (Å²) < 4.78 is 7.38. The number of hydrogen-bond acceptors (Lipinski definition) is 5. The predicted molar refractivity (Wildman–Crippen MR) is 121 cm³/mol. The van der Waals surface area contributed by atoms with E-state index >= 15 is 0 Å². The SMILES string of the molecule is COc1ccccc1C(CNC(=O)c1cc(C)nc2c1c(C)nn2C)N1CCCCC1. The molecule has 31 heavy (non-hydrogen) atoms. The van der Waals surface area contributed by atoms with E-state index in [1.807, 2.05) is 45.2 Å². The van der Waals surface area contributed by atoms with E-state index < -0.39 is 0 Å². The van der Waals surface area contributed by atoms with Crippen molar-refractivity contribution >= 4 is 16.9 Å². The summed E-state index contributed by atoms with van der Waals surface area (Å²) in [6.45, 7) is 6.39. The van der Waals surface area contributed by atoms with Crippen LogP contribution in [0.15, 0.2) is 30.3 Å². The van der Waals surface area contributed by atoms with Crippen molar-refractivity contribution in [2.75, 3.05) is 26.7 Å². The molecule has 7 nitrogen and oxygen atoms in total. The van der Waals surface area contributed by atoms with Gasteiger partial charge < -0.3 is 10.1 Å². The first-order valence-corrected chi connectivity index (χ1v) is 11.0. The molecule has 4 rings (SSSR count). The van der Waals surface area contributed by atoms with Gasteiger partial charge in [-0.3, -0.25) is 14.4 Å². The number of nitrogens with zero attached hydrogens (tertiary/aromatic N) is 4. The van der Waals surface area contributed by atoms with Crippen LogP contribution in [0.5, 0.6) is 5.75 Å². The Hall–Kier alpha value is -2.93. The molecular formula is C24H31N5O2. The zero-order valence-corrected chi connectivity index (χ0v) is 18.8. The Morgan fingerprint density at radius 3 is 2.68 bits per heavy atom. The van der Waals surface area contributed by atoms with Gasteiger partial charge in [0.2, 0.25) is 0 Å². The van der Waals surface area contributed by atoms with Crippen LogP contribution in [0.3, 0.4) is 0 Å². The normalized spacial score (nSPS) is 15.7. The standard InChI is InChI=1S/C24H31N5O2/c1-16-14-19(22-17(2)27-28(3)23(22)26-16)24(30)25-15-20(29-12-8-5-9-13-29)18-10-6-7-11-21(18)31-4/h6-7,10-11,14,20H,5,8-9,12-13,15H2,1-4H3,(H,25,30). The first-order chi connectivity index (χ1) is 15.0. The molecule has 1 fully saturated rings. The number of aryl methyl sites for hydroxylation is 3. The molecule has 1 N–H and O–H groups in total. The molecule has 1 saturated heterocycles. The van der Waals surface area contributed by atoms with Gasteiger partial charge in [-0.15, -0.1) is 0 Å². The van der Waals surface area contributed by atoms with Crippen LogP contribution in [0.2, 0.25) is 0 Å². The first kappa shape index (κ1) is 21.3. The Labute approximate surface area is 183 Å². The van der Waals surface area contributed by atoms with Gasteiger partial charge in [0.25, 0.3) is 5.91 Å². The lowest BCUT2D eigenvalue weighted by atomic mass is 10.00. The number of benzene rings is 1. The second kappa shape index (κ2) is 9.06. The van der Waals surface area contributed by atoms with E-state index in [0.717, 1.165) is 46.8 Å². The van der Waals surface area contributed by atoms with E-state index in [-0.39, 0.29) is 11.9 Å². The summed E-state index contributed by atoms with van der Waals surface area (Å²) in [7, 11) is 3.56. The van der Waals surface area contributed by atoms with E-state index in [0.29, 0.717) is 12.1 Å². The second-order valence-electron chi connectivity index (χ2n) is 8.28. The number of carbonyl (C=O) groups excluding carboxylic acids is 1. The zero-order chi connectivity index (χ0) is 22.0. The minimum atomic E-state index is -0.0940. The van der Waals surface area contributed by atoms with Crippen molar-refractivity contribution in [1.29, 1.82) is 0 Å². The lowest BCUT2D eigenvalue weighted by molar-refractivity contribution is 0.0924. The van der Waals surface area contributed by atoms with Crippen molar-refractivity contribution in [3.8, 4) is 5.75 Å². The Kier molecular flexibility index (Phi) is 6.23. The molecule has 0 saturated carbocycles. The number of aromatic nitrogens is 3. The van der Waals surface area contributed by atoms with Crippen LogP contribution in [-0.4, -0.2) is 52.3 Å². The molecule has 1 amide bonds. The Balaban J connectivity index is 1.63. The lowest BCUT2D eigenvalue weighted by Crippen LogP contribution is -2.40. The number of nitrogens with one attached hydrogen (secondary N) is 1. The molecule has 0 radical (unpaired) electrons. The topological polar surface area (TPSA) is 72.3 Å². The van der Waals surface area contributed by atoms with Gasteiger partial charge in [-0.25, -0.2) is 4.98 Å². The molecule has 1 atom stereocenters. The van der Waals surface area contributed by atoms with Crippen LogP contribution in [0.25, 0.3) is 11.0 Å². The van der Waals surface area contributed by atoms with Crippen LogP contribution in [-0.2, 0) is 7.05 Å². The van der Waals surface area contributed by atoms with Crippen molar-refractivity contribution in [1.82, 2.24) is 25.0 Å². The first-order valence-electron chi connectivity index (χ1n) is 11.0. The van der Waals surface area contributed by atoms with Crippen LogP contribution in [0.4, 0.5) is 0 Å². The van der Waals surface area contributed by atoms with Crippen molar-refractivity contribution in [2.24, 2.45) is 7.05 Å². The van der Waals surface area contributed by atoms with Crippen molar-refractivity contribution < 1.29 is 9.53 Å². The van der Waals surface area contributed by atoms with Gasteiger partial charge in [-0.1, -0.05) is 24.6 Å². The Morgan fingerprint density at radius 2 is 1.94 bits per heavy atom. The summed E-state index contributed by atoms with van der Waals surface area (Å²) in [6.07, 6.45) is 3.62. The van der Waals surface area contributed by atoms with E-state index in [2.05, 4.69) is 26.4 Å². The maximum Gasteiger partial charge on any atom is 0.252 e.